The Morgan fingerprint density at radius 3 is 2.59 bits per heavy atom. The van der Waals surface area contributed by atoms with Gasteiger partial charge in [0.15, 0.2) is 11.2 Å². The first-order valence-corrected chi connectivity index (χ1v) is 11.4. The van der Waals surface area contributed by atoms with Crippen molar-refractivity contribution < 1.29 is 19.4 Å². The summed E-state index contributed by atoms with van der Waals surface area (Å²) in [6.07, 6.45) is 0.781. The van der Waals surface area contributed by atoms with E-state index in [9.17, 15) is 19.5 Å². The van der Waals surface area contributed by atoms with E-state index in [4.69, 9.17) is 9.47 Å². The second-order valence-electron chi connectivity index (χ2n) is 8.19. The number of anilines is 2. The van der Waals surface area contributed by atoms with Crippen LogP contribution in [0.4, 0.5) is 11.6 Å². The minimum atomic E-state index is -0.777. The number of ether oxygens (including phenoxy) is 2. The van der Waals surface area contributed by atoms with Gasteiger partial charge in [-0.05, 0) is 37.6 Å². The number of carbonyl (C=O) groups is 1. The fraction of sp³-hybridized carbons (Fsp3) is 0.478. The van der Waals surface area contributed by atoms with Crippen LogP contribution in [0.25, 0.3) is 11.2 Å². The number of rotatable bonds is 8. The molecule has 0 saturated heterocycles. The number of benzene rings is 1. The zero-order valence-corrected chi connectivity index (χ0v) is 19.6. The number of aromatic nitrogens is 4. The van der Waals surface area contributed by atoms with Gasteiger partial charge in [-0.3, -0.25) is 14.2 Å². The van der Waals surface area contributed by atoms with Gasteiger partial charge in [-0.2, -0.15) is 4.98 Å². The second-order valence-corrected chi connectivity index (χ2v) is 8.19. The molecule has 1 N–H and O–H groups in total. The van der Waals surface area contributed by atoms with E-state index in [0.717, 1.165) is 16.7 Å². The van der Waals surface area contributed by atoms with Crippen molar-refractivity contribution in [1.29, 1.82) is 0 Å². The van der Waals surface area contributed by atoms with Crippen molar-refractivity contribution in [2.24, 2.45) is 7.05 Å². The smallest absolute Gasteiger partial charge is 0.333 e. The Morgan fingerprint density at radius 1 is 1.18 bits per heavy atom. The summed E-state index contributed by atoms with van der Waals surface area (Å²) in [5, 5.41) is 10.6. The van der Waals surface area contributed by atoms with E-state index >= 15 is 0 Å². The molecule has 0 saturated carbocycles. The van der Waals surface area contributed by atoms with Gasteiger partial charge in [0.25, 0.3) is 5.56 Å². The number of β-amino-alcohol motifs (C(OH)–C–C–N with tert-alkyl or cyclic N) is 1. The number of carbonyl (C=O) groups excluding carboxylic acids is 1. The third-order valence-corrected chi connectivity index (χ3v) is 5.75. The van der Waals surface area contributed by atoms with Gasteiger partial charge < -0.3 is 24.0 Å². The maximum absolute atomic E-state index is 13.3. The number of hydrogen-bond donors (Lipinski definition) is 1. The molecule has 3 aromatic rings. The molecule has 1 atom stereocenters. The fourth-order valence-corrected chi connectivity index (χ4v) is 4.05. The van der Waals surface area contributed by atoms with Crippen LogP contribution < -0.4 is 20.9 Å². The molecule has 4 rings (SSSR count). The van der Waals surface area contributed by atoms with Crippen LogP contribution in [0.2, 0.25) is 0 Å². The average Bonchev–Trinajstić information content (AvgIpc) is 3.20. The molecule has 2 aromatic heterocycles. The van der Waals surface area contributed by atoms with E-state index in [1.807, 2.05) is 38.1 Å². The standard InChI is InChI=1S/C23H29N5O6/c1-4-6-11-34-18(30)14-28-21(31)19-20(25(3)23(28)32)24-22-26(12-16(29)13-27(19)22)15-7-9-17(10-8-15)33-5-2/h7-10,16,29H,4-6,11-14H2,1-3H3/t16-/m1/s1. The maximum atomic E-state index is 13.3. The van der Waals surface area contributed by atoms with Crippen molar-refractivity contribution >= 4 is 28.8 Å². The van der Waals surface area contributed by atoms with E-state index in [1.54, 1.807) is 9.47 Å². The summed E-state index contributed by atoms with van der Waals surface area (Å²) in [7, 11) is 1.50. The van der Waals surface area contributed by atoms with Crippen molar-refractivity contribution in [3.8, 4) is 5.75 Å². The van der Waals surface area contributed by atoms with Gasteiger partial charge in [0.2, 0.25) is 5.95 Å². The van der Waals surface area contributed by atoms with E-state index in [1.165, 1.54) is 11.6 Å². The lowest BCUT2D eigenvalue weighted by molar-refractivity contribution is -0.144. The molecule has 11 nitrogen and oxygen atoms in total. The Morgan fingerprint density at radius 2 is 1.91 bits per heavy atom. The van der Waals surface area contributed by atoms with Gasteiger partial charge in [-0.25, -0.2) is 9.36 Å². The Labute approximate surface area is 195 Å². The van der Waals surface area contributed by atoms with Crippen molar-refractivity contribution in [3.05, 3.63) is 45.1 Å². The number of esters is 1. The topological polar surface area (TPSA) is 121 Å². The zero-order chi connectivity index (χ0) is 24.4. The molecule has 182 valence electrons. The SMILES string of the molecule is CCCCOC(=O)Cn1c(=O)c2c(nc3n2C[C@H](O)CN3c2ccc(OCC)cc2)n(C)c1=O. The third-order valence-electron chi connectivity index (χ3n) is 5.75. The van der Waals surface area contributed by atoms with E-state index in [-0.39, 0.29) is 30.9 Å². The zero-order valence-electron chi connectivity index (χ0n) is 19.6. The summed E-state index contributed by atoms with van der Waals surface area (Å²) in [6, 6.07) is 7.33. The van der Waals surface area contributed by atoms with Crippen molar-refractivity contribution in [1.82, 2.24) is 18.7 Å². The number of hydrogen-bond acceptors (Lipinski definition) is 8. The van der Waals surface area contributed by atoms with Crippen LogP contribution >= 0.6 is 0 Å². The van der Waals surface area contributed by atoms with Crippen LogP contribution in [0, 0.1) is 0 Å². The number of imidazole rings is 1. The number of fused-ring (bicyclic) bond motifs is 3. The van der Waals surface area contributed by atoms with Crippen LogP contribution in [0.3, 0.4) is 0 Å². The highest BCUT2D eigenvalue weighted by atomic mass is 16.5. The molecule has 0 spiro atoms. The van der Waals surface area contributed by atoms with Crippen LogP contribution in [0.1, 0.15) is 26.7 Å². The minimum absolute atomic E-state index is 0.133. The van der Waals surface area contributed by atoms with Crippen molar-refractivity contribution in [2.45, 2.75) is 45.9 Å². The molecule has 0 aliphatic carbocycles. The lowest BCUT2D eigenvalue weighted by Gasteiger charge is -2.32. The summed E-state index contributed by atoms with van der Waals surface area (Å²) in [6.45, 7) is 4.56. The summed E-state index contributed by atoms with van der Waals surface area (Å²) in [5.41, 5.74) is -0.221. The summed E-state index contributed by atoms with van der Waals surface area (Å²) in [5.74, 6) is 0.495. The maximum Gasteiger partial charge on any atom is 0.333 e. The molecule has 0 bridgehead atoms. The van der Waals surface area contributed by atoms with Gasteiger partial charge >= 0.3 is 11.7 Å². The van der Waals surface area contributed by atoms with Crippen LogP contribution in [0.5, 0.6) is 5.75 Å². The van der Waals surface area contributed by atoms with Crippen LogP contribution in [-0.4, -0.2) is 55.6 Å². The van der Waals surface area contributed by atoms with Crippen molar-refractivity contribution in [2.75, 3.05) is 24.7 Å². The fourth-order valence-electron chi connectivity index (χ4n) is 4.05. The third kappa shape index (κ3) is 4.30. The quantitative estimate of drug-likeness (QED) is 0.384. The average molecular weight is 472 g/mol. The summed E-state index contributed by atoms with van der Waals surface area (Å²) in [4.78, 5) is 44.8. The first-order valence-electron chi connectivity index (χ1n) is 11.4. The minimum Gasteiger partial charge on any atom is -0.494 e. The van der Waals surface area contributed by atoms with E-state index < -0.39 is 29.9 Å². The lowest BCUT2D eigenvalue weighted by Crippen LogP contribution is -2.43. The Hall–Kier alpha value is -3.60. The second kappa shape index (κ2) is 9.72. The molecule has 1 aromatic carbocycles. The van der Waals surface area contributed by atoms with E-state index in [2.05, 4.69) is 4.98 Å². The number of aryl methyl sites for hydroxylation is 1. The largest absolute Gasteiger partial charge is 0.494 e. The molecule has 0 fully saturated rings. The number of unbranched alkanes of at least 4 members (excludes halogenated alkanes) is 1. The first kappa shape index (κ1) is 23.6. The highest BCUT2D eigenvalue weighted by molar-refractivity contribution is 5.78. The number of aliphatic hydroxyl groups is 1. The normalized spacial score (nSPS) is 15.4. The van der Waals surface area contributed by atoms with Gasteiger partial charge in [-0.1, -0.05) is 13.3 Å². The summed E-state index contributed by atoms with van der Waals surface area (Å²) >= 11 is 0. The number of aliphatic hydroxyl groups excluding tert-OH is 1. The molecule has 0 unspecified atom stereocenters. The highest BCUT2D eigenvalue weighted by Gasteiger charge is 2.31. The lowest BCUT2D eigenvalue weighted by atomic mass is 10.2. The van der Waals surface area contributed by atoms with E-state index in [0.29, 0.717) is 24.7 Å². The Kier molecular flexibility index (Phi) is 6.73. The van der Waals surface area contributed by atoms with Gasteiger partial charge in [0, 0.05) is 12.7 Å². The molecular formula is C23H29N5O6. The molecule has 0 radical (unpaired) electrons. The van der Waals surface area contributed by atoms with Crippen LogP contribution in [0.15, 0.2) is 33.9 Å². The van der Waals surface area contributed by atoms with Crippen LogP contribution in [-0.2, 0) is 29.7 Å². The predicted molar refractivity (Wildman–Crippen MR) is 126 cm³/mol. The molecule has 11 heteroatoms. The van der Waals surface area contributed by atoms with Crippen molar-refractivity contribution in [3.63, 3.8) is 0 Å². The van der Waals surface area contributed by atoms with Gasteiger partial charge in [0.1, 0.15) is 12.3 Å². The Bertz CT molecular complexity index is 1310. The van der Waals surface area contributed by atoms with Gasteiger partial charge in [-0.15, -0.1) is 0 Å². The predicted octanol–water partition coefficient (Wildman–Crippen LogP) is 1.15. The molecule has 0 amide bonds. The monoisotopic (exact) mass is 471 g/mol. The Balaban J connectivity index is 1.78. The summed E-state index contributed by atoms with van der Waals surface area (Å²) < 4.78 is 14.3. The highest BCUT2D eigenvalue weighted by Crippen LogP contribution is 2.32. The first-order chi connectivity index (χ1) is 16.3. The molecule has 3 heterocycles. The number of nitrogens with zero attached hydrogens (tertiary/aromatic N) is 5. The van der Waals surface area contributed by atoms with Gasteiger partial charge in [0.05, 0.1) is 32.4 Å². The molecule has 34 heavy (non-hydrogen) atoms. The molecule has 1 aliphatic rings. The molecular weight excluding hydrogens is 442 g/mol. The molecule has 1 aliphatic heterocycles.